The third-order valence-corrected chi connectivity index (χ3v) is 3.31. The Morgan fingerprint density at radius 2 is 1.75 bits per heavy atom. The highest BCUT2D eigenvalue weighted by atomic mass is 16.5. The zero-order chi connectivity index (χ0) is 14.5. The van der Waals surface area contributed by atoms with Crippen molar-refractivity contribution in [2.45, 2.75) is 31.7 Å². The molecule has 1 aliphatic rings. The maximum atomic E-state index is 11.7. The first-order chi connectivity index (χ1) is 9.67. The van der Waals surface area contributed by atoms with Gasteiger partial charge in [-0.1, -0.05) is 0 Å². The Kier molecular flexibility index (Phi) is 4.71. The molecule has 0 saturated heterocycles. The van der Waals surface area contributed by atoms with E-state index in [0.29, 0.717) is 36.1 Å². The zero-order valence-electron chi connectivity index (χ0n) is 12.2. The Morgan fingerprint density at radius 1 is 1.15 bits per heavy atom. The average Bonchev–Trinajstić information content (AvgIpc) is 3.27. The van der Waals surface area contributed by atoms with Crippen molar-refractivity contribution >= 4 is 5.91 Å². The third-order valence-electron chi connectivity index (χ3n) is 3.31. The van der Waals surface area contributed by atoms with E-state index in [9.17, 15) is 4.79 Å². The van der Waals surface area contributed by atoms with Gasteiger partial charge in [0, 0.05) is 12.5 Å². The topological polar surface area (TPSA) is 56.8 Å². The number of nitrogens with one attached hydrogen (secondary N) is 1. The molecule has 0 atom stereocenters. The van der Waals surface area contributed by atoms with Crippen LogP contribution in [0.15, 0.2) is 12.1 Å². The van der Waals surface area contributed by atoms with Crippen molar-refractivity contribution in [1.82, 2.24) is 5.32 Å². The van der Waals surface area contributed by atoms with Gasteiger partial charge in [0.2, 0.25) is 11.7 Å². The molecule has 0 bridgehead atoms. The lowest BCUT2D eigenvalue weighted by atomic mass is 10.1. The van der Waals surface area contributed by atoms with Crippen molar-refractivity contribution in [1.29, 1.82) is 0 Å². The number of rotatable bonds is 7. The monoisotopic (exact) mass is 279 g/mol. The molecule has 0 aromatic heterocycles. The molecule has 1 aromatic carbocycles. The molecule has 0 heterocycles. The highest BCUT2D eigenvalue weighted by molar-refractivity contribution is 5.76. The number of hydrogen-bond acceptors (Lipinski definition) is 4. The van der Waals surface area contributed by atoms with Gasteiger partial charge in [-0.2, -0.15) is 0 Å². The molecule has 0 unspecified atom stereocenters. The normalized spacial score (nSPS) is 13.8. The number of hydrogen-bond donors (Lipinski definition) is 1. The average molecular weight is 279 g/mol. The Bertz CT molecular complexity index is 458. The van der Waals surface area contributed by atoms with E-state index in [0.717, 1.165) is 18.4 Å². The van der Waals surface area contributed by atoms with Crippen LogP contribution in [-0.4, -0.2) is 33.3 Å². The molecular formula is C15H21NO4. The molecule has 2 rings (SSSR count). The highest BCUT2D eigenvalue weighted by Crippen LogP contribution is 2.38. The molecule has 1 fully saturated rings. The van der Waals surface area contributed by atoms with Gasteiger partial charge in [0.05, 0.1) is 21.3 Å². The summed E-state index contributed by atoms with van der Waals surface area (Å²) in [5.41, 5.74) is 0.991. The molecule has 1 aromatic rings. The first kappa shape index (κ1) is 14.5. The molecule has 5 nitrogen and oxygen atoms in total. The summed E-state index contributed by atoms with van der Waals surface area (Å²) < 4.78 is 15.9. The van der Waals surface area contributed by atoms with Crippen LogP contribution in [0.1, 0.15) is 24.8 Å². The summed E-state index contributed by atoms with van der Waals surface area (Å²) in [4.78, 5) is 11.7. The summed E-state index contributed by atoms with van der Waals surface area (Å²) in [7, 11) is 4.74. The quantitative estimate of drug-likeness (QED) is 0.828. The number of ether oxygens (including phenoxy) is 3. The van der Waals surface area contributed by atoms with Crippen LogP contribution in [0, 0.1) is 0 Å². The van der Waals surface area contributed by atoms with Gasteiger partial charge in [-0.25, -0.2) is 0 Å². The van der Waals surface area contributed by atoms with Crippen molar-refractivity contribution in [2.75, 3.05) is 21.3 Å². The number of amides is 1. The molecule has 20 heavy (non-hydrogen) atoms. The Balaban J connectivity index is 2.04. The maximum absolute atomic E-state index is 11.7. The van der Waals surface area contributed by atoms with Crippen LogP contribution in [0.5, 0.6) is 17.2 Å². The van der Waals surface area contributed by atoms with Crippen LogP contribution in [0.4, 0.5) is 0 Å². The Labute approximate surface area is 119 Å². The van der Waals surface area contributed by atoms with E-state index in [1.165, 1.54) is 0 Å². The number of benzene rings is 1. The first-order valence-electron chi connectivity index (χ1n) is 6.76. The molecule has 110 valence electrons. The molecule has 5 heteroatoms. The van der Waals surface area contributed by atoms with E-state index in [1.54, 1.807) is 21.3 Å². The summed E-state index contributed by atoms with van der Waals surface area (Å²) in [5.74, 6) is 1.90. The van der Waals surface area contributed by atoms with Crippen molar-refractivity contribution in [3.05, 3.63) is 17.7 Å². The fourth-order valence-electron chi connectivity index (χ4n) is 2.07. The molecular weight excluding hydrogens is 258 g/mol. The molecule has 1 aliphatic carbocycles. The lowest BCUT2D eigenvalue weighted by molar-refractivity contribution is -0.121. The highest BCUT2D eigenvalue weighted by Gasteiger charge is 2.23. The predicted molar refractivity (Wildman–Crippen MR) is 75.6 cm³/mol. The van der Waals surface area contributed by atoms with Gasteiger partial charge in [-0.15, -0.1) is 0 Å². The second-order valence-corrected chi connectivity index (χ2v) is 4.88. The Morgan fingerprint density at radius 3 is 2.20 bits per heavy atom. The first-order valence-corrected chi connectivity index (χ1v) is 6.76. The van der Waals surface area contributed by atoms with Crippen LogP contribution < -0.4 is 19.5 Å². The number of carbonyl (C=O) groups is 1. The van der Waals surface area contributed by atoms with Crippen LogP contribution in [-0.2, 0) is 11.2 Å². The van der Waals surface area contributed by atoms with Crippen LogP contribution in [0.25, 0.3) is 0 Å². The minimum atomic E-state index is 0.0984. The van der Waals surface area contributed by atoms with Gasteiger partial charge in [0.1, 0.15) is 0 Å². The number of methoxy groups -OCH3 is 3. The number of carbonyl (C=O) groups excluding carboxylic acids is 1. The van der Waals surface area contributed by atoms with Gasteiger partial charge in [-0.3, -0.25) is 4.79 Å². The van der Waals surface area contributed by atoms with E-state index in [2.05, 4.69) is 5.32 Å². The minimum absolute atomic E-state index is 0.0984. The van der Waals surface area contributed by atoms with Gasteiger partial charge in [0.25, 0.3) is 0 Å². The van der Waals surface area contributed by atoms with Gasteiger partial charge < -0.3 is 19.5 Å². The minimum Gasteiger partial charge on any atom is -0.493 e. The zero-order valence-corrected chi connectivity index (χ0v) is 12.2. The van der Waals surface area contributed by atoms with Crippen LogP contribution >= 0.6 is 0 Å². The van der Waals surface area contributed by atoms with Crippen molar-refractivity contribution < 1.29 is 19.0 Å². The summed E-state index contributed by atoms with van der Waals surface area (Å²) >= 11 is 0. The van der Waals surface area contributed by atoms with E-state index < -0.39 is 0 Å². The van der Waals surface area contributed by atoms with Gasteiger partial charge >= 0.3 is 0 Å². The van der Waals surface area contributed by atoms with E-state index in [1.807, 2.05) is 12.1 Å². The third kappa shape index (κ3) is 3.56. The van der Waals surface area contributed by atoms with E-state index in [-0.39, 0.29) is 5.91 Å². The SMILES string of the molecule is COc1cc(CCC(=O)NC2CC2)cc(OC)c1OC. The number of aryl methyl sites for hydroxylation is 1. The van der Waals surface area contributed by atoms with Gasteiger partial charge in [-0.05, 0) is 37.0 Å². The standard InChI is InChI=1S/C15H21NO4/c1-18-12-8-10(9-13(19-2)15(12)20-3)4-7-14(17)16-11-5-6-11/h8-9,11H,4-7H2,1-3H3,(H,16,17). The largest absolute Gasteiger partial charge is 0.493 e. The summed E-state index contributed by atoms with van der Waals surface area (Å²) in [5, 5.41) is 2.98. The summed E-state index contributed by atoms with van der Waals surface area (Å²) in [6.07, 6.45) is 3.33. The van der Waals surface area contributed by atoms with Gasteiger partial charge in [0.15, 0.2) is 11.5 Å². The molecule has 1 amide bonds. The van der Waals surface area contributed by atoms with E-state index >= 15 is 0 Å². The molecule has 0 radical (unpaired) electrons. The smallest absolute Gasteiger partial charge is 0.220 e. The predicted octanol–water partition coefficient (Wildman–Crippen LogP) is 1.92. The lowest BCUT2D eigenvalue weighted by Crippen LogP contribution is -2.25. The Hall–Kier alpha value is -1.91. The fraction of sp³-hybridized carbons (Fsp3) is 0.533. The lowest BCUT2D eigenvalue weighted by Gasteiger charge is -2.14. The van der Waals surface area contributed by atoms with Crippen molar-refractivity contribution in [2.24, 2.45) is 0 Å². The maximum Gasteiger partial charge on any atom is 0.220 e. The van der Waals surface area contributed by atoms with Crippen LogP contribution in [0.2, 0.25) is 0 Å². The molecule has 1 saturated carbocycles. The fourth-order valence-corrected chi connectivity index (χ4v) is 2.07. The summed E-state index contributed by atoms with van der Waals surface area (Å²) in [6.45, 7) is 0. The van der Waals surface area contributed by atoms with Crippen molar-refractivity contribution in [3.8, 4) is 17.2 Å². The molecule has 0 spiro atoms. The molecule has 1 N–H and O–H groups in total. The van der Waals surface area contributed by atoms with E-state index in [4.69, 9.17) is 14.2 Å². The van der Waals surface area contributed by atoms with Crippen LogP contribution in [0.3, 0.4) is 0 Å². The van der Waals surface area contributed by atoms with Crippen molar-refractivity contribution in [3.63, 3.8) is 0 Å². The second kappa shape index (κ2) is 6.50. The molecule has 0 aliphatic heterocycles. The second-order valence-electron chi connectivity index (χ2n) is 4.88. The summed E-state index contributed by atoms with van der Waals surface area (Å²) in [6, 6.07) is 4.17.